The minimum Gasteiger partial charge on any atom is -0.460 e. The molecule has 4 fully saturated rings. The largest absolute Gasteiger partial charge is 0.460 e. The fraction of sp³-hybridized carbons (Fsp3) is 0.711. The molecule has 3 aliphatic carbocycles. The van der Waals surface area contributed by atoms with Crippen molar-refractivity contribution in [1.82, 2.24) is 25.8 Å². The number of nitrogens with zero attached hydrogens (tertiary/aromatic N) is 2. The smallest absolute Gasteiger partial charge is 0.307 e. The first-order valence-corrected chi connectivity index (χ1v) is 21.2. The maximum atomic E-state index is 14.8. The lowest BCUT2D eigenvalue weighted by Crippen LogP contribution is -2.57. The van der Waals surface area contributed by atoms with Crippen LogP contribution in [0.3, 0.4) is 0 Å². The van der Waals surface area contributed by atoms with Crippen LogP contribution in [0.2, 0.25) is 0 Å². The average molecular weight is 806 g/mol. The quantitative estimate of drug-likeness (QED) is 0.171. The third-order valence-corrected chi connectivity index (χ3v) is 13.1. The third-order valence-electron chi connectivity index (χ3n) is 13.1. The SMILES string of the molecule is CN(C)C(=O)[C@@H](NC(=O)CNC(=O)C(=O)C(CC1CC1)NC(=O)[C@@H]1[C@@H]2[C@H](CN1C(=O)[C@@H](CC(=O)OC(C)(C)C)C1CCC(C(C)(C)C)CC1)C2(C)C)c1ccccc1. The highest BCUT2D eigenvalue weighted by Crippen LogP contribution is 2.65. The third kappa shape index (κ3) is 10.8. The number of rotatable bonds is 15. The lowest BCUT2D eigenvalue weighted by Gasteiger charge is -2.41. The number of amides is 5. The number of nitrogens with one attached hydrogen (secondary N) is 3. The molecule has 3 N–H and O–H groups in total. The number of carbonyl (C=O) groups is 7. The van der Waals surface area contributed by atoms with Gasteiger partial charge in [0.05, 0.1) is 24.9 Å². The van der Waals surface area contributed by atoms with Crippen LogP contribution >= 0.6 is 0 Å². The number of ether oxygens (including phenoxy) is 1. The van der Waals surface area contributed by atoms with Crippen molar-refractivity contribution in [2.24, 2.45) is 46.3 Å². The van der Waals surface area contributed by atoms with Gasteiger partial charge in [0.2, 0.25) is 29.4 Å². The highest BCUT2D eigenvalue weighted by molar-refractivity contribution is 6.38. The van der Waals surface area contributed by atoms with E-state index in [1.165, 1.54) is 4.90 Å². The summed E-state index contributed by atoms with van der Waals surface area (Å²) in [5.41, 5.74) is -0.230. The van der Waals surface area contributed by atoms with E-state index < -0.39 is 65.7 Å². The number of hydrogen-bond acceptors (Lipinski definition) is 8. The number of Topliss-reactive ketones (excluding diaryl/α,β-unsaturated/α-hetero) is 1. The minimum atomic E-state index is -1.15. The van der Waals surface area contributed by atoms with Crippen molar-refractivity contribution in [1.29, 1.82) is 0 Å². The van der Waals surface area contributed by atoms with Gasteiger partial charge < -0.3 is 30.5 Å². The monoisotopic (exact) mass is 805 g/mol. The maximum absolute atomic E-state index is 14.8. The molecule has 1 unspecified atom stereocenters. The molecule has 4 aliphatic rings. The Morgan fingerprint density at radius 2 is 1.50 bits per heavy atom. The second-order valence-electron chi connectivity index (χ2n) is 20.2. The van der Waals surface area contributed by atoms with Crippen LogP contribution in [0.25, 0.3) is 0 Å². The number of esters is 1. The highest BCUT2D eigenvalue weighted by Gasteiger charge is 2.69. The summed E-state index contributed by atoms with van der Waals surface area (Å²) in [6, 6.07) is 5.70. The number of fused-ring (bicyclic) bond motifs is 1. The number of piperidine rings is 1. The number of likely N-dealkylation sites (N-methyl/N-ethyl adjacent to an activating group) is 1. The topological polar surface area (TPSA) is 171 Å². The Balaban J connectivity index is 1.29. The van der Waals surface area contributed by atoms with E-state index in [4.69, 9.17) is 4.74 Å². The van der Waals surface area contributed by atoms with Crippen LogP contribution in [-0.4, -0.2) is 96.0 Å². The zero-order chi connectivity index (χ0) is 42.9. The molecule has 58 heavy (non-hydrogen) atoms. The molecule has 1 aliphatic heterocycles. The van der Waals surface area contributed by atoms with Gasteiger partial charge in [-0.1, -0.05) is 77.8 Å². The highest BCUT2D eigenvalue weighted by atomic mass is 16.6. The summed E-state index contributed by atoms with van der Waals surface area (Å²) in [5.74, 6) is -4.19. The van der Waals surface area contributed by atoms with E-state index in [2.05, 4.69) is 50.6 Å². The molecule has 0 spiro atoms. The molecule has 0 radical (unpaired) electrons. The van der Waals surface area contributed by atoms with Crippen molar-refractivity contribution in [3.05, 3.63) is 35.9 Å². The first kappa shape index (κ1) is 44.8. The van der Waals surface area contributed by atoms with E-state index >= 15 is 0 Å². The summed E-state index contributed by atoms with van der Waals surface area (Å²) in [5, 5.41) is 7.93. The zero-order valence-corrected chi connectivity index (χ0v) is 36.3. The van der Waals surface area contributed by atoms with Crippen LogP contribution < -0.4 is 16.0 Å². The predicted molar refractivity (Wildman–Crippen MR) is 218 cm³/mol. The van der Waals surface area contributed by atoms with E-state index in [1.54, 1.807) is 70.1 Å². The number of carbonyl (C=O) groups excluding carboxylic acids is 7. The molecule has 1 saturated heterocycles. The van der Waals surface area contributed by atoms with Crippen LogP contribution in [0.5, 0.6) is 0 Å². The molecule has 0 aromatic heterocycles. The van der Waals surface area contributed by atoms with Gasteiger partial charge in [-0.15, -0.1) is 0 Å². The van der Waals surface area contributed by atoms with Gasteiger partial charge in [0, 0.05) is 20.6 Å². The van der Waals surface area contributed by atoms with E-state index in [9.17, 15) is 33.6 Å². The number of likely N-dealkylation sites (tertiary alicyclic amines) is 1. The number of benzene rings is 1. The van der Waals surface area contributed by atoms with Gasteiger partial charge in [-0.05, 0) is 98.9 Å². The van der Waals surface area contributed by atoms with Gasteiger partial charge in [0.15, 0.2) is 0 Å². The fourth-order valence-corrected chi connectivity index (χ4v) is 9.42. The van der Waals surface area contributed by atoms with Gasteiger partial charge in [0.1, 0.15) is 17.7 Å². The second kappa shape index (κ2) is 17.5. The Kier molecular flexibility index (Phi) is 13.5. The lowest BCUT2D eigenvalue weighted by atomic mass is 9.67. The molecule has 5 rings (SSSR count). The fourth-order valence-electron chi connectivity index (χ4n) is 9.42. The summed E-state index contributed by atoms with van der Waals surface area (Å²) in [6.07, 6.45) is 5.41. The molecule has 3 saturated carbocycles. The molecule has 6 atom stereocenters. The normalized spacial score (nSPS) is 25.3. The average Bonchev–Trinajstić information content (AvgIpc) is 4.00. The van der Waals surface area contributed by atoms with Gasteiger partial charge in [-0.2, -0.15) is 0 Å². The van der Waals surface area contributed by atoms with E-state index in [0.717, 1.165) is 38.5 Å². The van der Waals surface area contributed by atoms with Crippen molar-refractivity contribution in [3.63, 3.8) is 0 Å². The van der Waals surface area contributed by atoms with Crippen LogP contribution in [0, 0.1) is 46.3 Å². The molecule has 1 aromatic carbocycles. The molecular formula is C45H67N5O8. The van der Waals surface area contributed by atoms with Crippen molar-refractivity contribution in [3.8, 4) is 0 Å². The standard InChI is InChI=1S/C45H67N5O8/c1-43(2,3)29-20-18-27(19-21-29)30(23-34(52)58-44(4,5)6)41(56)50-25-31-35(45(31,7)8)37(50)39(54)47-32(22-26-16-17-26)38(53)40(55)46-24-33(51)48-36(42(57)49(9)10)28-14-12-11-13-15-28/h11-15,26-27,29-32,35-37H,16-25H2,1-10H3,(H,46,55)(H,47,54)(H,48,51)/t27?,29?,30-,31-,32?,35-,36-,37-/m0/s1. The molecule has 5 amide bonds. The minimum absolute atomic E-state index is 0.0404. The van der Waals surface area contributed by atoms with E-state index in [-0.39, 0.29) is 59.2 Å². The second-order valence-corrected chi connectivity index (χ2v) is 20.2. The molecular weight excluding hydrogens is 739 g/mol. The Morgan fingerprint density at radius 1 is 0.879 bits per heavy atom. The molecule has 0 bridgehead atoms. The van der Waals surface area contributed by atoms with Crippen LogP contribution in [-0.2, 0) is 38.3 Å². The number of hydrogen-bond donors (Lipinski definition) is 3. The first-order valence-electron chi connectivity index (χ1n) is 21.2. The molecule has 1 aromatic rings. The van der Waals surface area contributed by atoms with Gasteiger partial charge in [-0.25, -0.2) is 0 Å². The first-order chi connectivity index (χ1) is 27.0. The lowest BCUT2D eigenvalue weighted by molar-refractivity contribution is -0.160. The zero-order valence-electron chi connectivity index (χ0n) is 36.3. The van der Waals surface area contributed by atoms with Gasteiger partial charge in [0.25, 0.3) is 5.91 Å². The Labute approximate surface area is 344 Å². The van der Waals surface area contributed by atoms with Crippen LogP contribution in [0.4, 0.5) is 0 Å². The van der Waals surface area contributed by atoms with E-state index in [1.807, 2.05) is 0 Å². The van der Waals surface area contributed by atoms with Crippen molar-refractivity contribution >= 4 is 41.3 Å². The predicted octanol–water partition coefficient (Wildman–Crippen LogP) is 4.59. The van der Waals surface area contributed by atoms with Gasteiger partial charge in [-0.3, -0.25) is 33.6 Å². The van der Waals surface area contributed by atoms with Gasteiger partial charge >= 0.3 is 5.97 Å². The molecule has 1 heterocycles. The Morgan fingerprint density at radius 3 is 2.05 bits per heavy atom. The van der Waals surface area contributed by atoms with Crippen molar-refractivity contribution < 1.29 is 38.3 Å². The maximum Gasteiger partial charge on any atom is 0.307 e. The Hall–Kier alpha value is -4.29. The van der Waals surface area contributed by atoms with Crippen molar-refractivity contribution in [2.45, 2.75) is 130 Å². The summed E-state index contributed by atoms with van der Waals surface area (Å²) in [4.78, 5) is 98.5. The summed E-state index contributed by atoms with van der Waals surface area (Å²) in [7, 11) is 3.15. The number of ketones is 1. The van der Waals surface area contributed by atoms with Crippen LogP contribution in [0.1, 0.15) is 118 Å². The molecule has 13 heteroatoms. The Bertz CT molecular complexity index is 1720. The van der Waals surface area contributed by atoms with E-state index in [0.29, 0.717) is 18.0 Å². The molecule has 320 valence electrons. The molecule has 13 nitrogen and oxygen atoms in total. The van der Waals surface area contributed by atoms with Crippen molar-refractivity contribution in [2.75, 3.05) is 27.2 Å². The summed E-state index contributed by atoms with van der Waals surface area (Å²) >= 11 is 0. The summed E-state index contributed by atoms with van der Waals surface area (Å²) in [6.45, 7) is 16.1. The summed E-state index contributed by atoms with van der Waals surface area (Å²) < 4.78 is 5.72. The van der Waals surface area contributed by atoms with Crippen LogP contribution in [0.15, 0.2) is 30.3 Å².